The molecule has 0 amide bonds. The van der Waals surface area contributed by atoms with Gasteiger partial charge in [-0.1, -0.05) is 28.2 Å². The summed E-state index contributed by atoms with van der Waals surface area (Å²) in [4.78, 5) is 2.43. The van der Waals surface area contributed by atoms with Gasteiger partial charge in [-0.15, -0.1) is 5.10 Å². The molecule has 21 heavy (non-hydrogen) atoms. The molecule has 0 saturated carbocycles. The van der Waals surface area contributed by atoms with E-state index in [9.17, 15) is 0 Å². The Hall–Kier alpha value is -1.17. The van der Waals surface area contributed by atoms with Gasteiger partial charge in [0.25, 0.3) is 0 Å². The summed E-state index contributed by atoms with van der Waals surface area (Å²) in [6.07, 6.45) is 2.37. The van der Waals surface area contributed by atoms with Gasteiger partial charge in [0.2, 0.25) is 0 Å². The van der Waals surface area contributed by atoms with E-state index in [1.165, 1.54) is 29.9 Å². The summed E-state index contributed by atoms with van der Waals surface area (Å²) in [5, 5.41) is 4.12. The van der Waals surface area contributed by atoms with E-state index in [1.54, 1.807) is 0 Å². The van der Waals surface area contributed by atoms with Gasteiger partial charge < -0.3 is 4.74 Å². The molecule has 0 radical (unpaired) electrons. The van der Waals surface area contributed by atoms with Crippen LogP contribution in [0.2, 0.25) is 4.34 Å². The van der Waals surface area contributed by atoms with Gasteiger partial charge in [0.15, 0.2) is 0 Å². The molecule has 2 aromatic rings. The zero-order valence-corrected chi connectivity index (χ0v) is 13.5. The van der Waals surface area contributed by atoms with Gasteiger partial charge in [-0.05, 0) is 44.0 Å². The summed E-state index contributed by atoms with van der Waals surface area (Å²) < 4.78 is 10.1. The summed E-state index contributed by atoms with van der Waals surface area (Å²) in [6, 6.07) is 8.85. The fourth-order valence-corrected chi connectivity index (χ4v) is 3.44. The molecule has 0 spiro atoms. The van der Waals surface area contributed by atoms with Crippen LogP contribution in [-0.4, -0.2) is 27.6 Å². The first-order valence-electron chi connectivity index (χ1n) is 7.21. The number of hydrogen-bond acceptors (Lipinski definition) is 5. The lowest BCUT2D eigenvalue weighted by molar-refractivity contribution is 0.245. The lowest BCUT2D eigenvalue weighted by atomic mass is 10.0. The third kappa shape index (κ3) is 3.36. The van der Waals surface area contributed by atoms with Crippen LogP contribution < -0.4 is 4.74 Å². The quantitative estimate of drug-likeness (QED) is 0.835. The van der Waals surface area contributed by atoms with Crippen LogP contribution in [0.1, 0.15) is 37.1 Å². The van der Waals surface area contributed by atoms with Gasteiger partial charge in [-0.3, -0.25) is 4.90 Å². The van der Waals surface area contributed by atoms with Crippen LogP contribution in [0.4, 0.5) is 0 Å². The first kappa shape index (κ1) is 14.8. The van der Waals surface area contributed by atoms with E-state index >= 15 is 0 Å². The van der Waals surface area contributed by atoms with Crippen LogP contribution in [0.25, 0.3) is 0 Å². The lowest BCUT2D eigenvalue weighted by Crippen LogP contribution is -2.23. The van der Waals surface area contributed by atoms with E-state index in [4.69, 9.17) is 16.3 Å². The summed E-state index contributed by atoms with van der Waals surface area (Å²) in [7, 11) is 0. The molecular weight excluding hydrogens is 306 g/mol. The SMILES string of the molecule is CCOc1ccc([C@@H]2CCCN2Cc2nnsc2Cl)cc1. The van der Waals surface area contributed by atoms with Crippen molar-refractivity contribution < 1.29 is 4.74 Å². The van der Waals surface area contributed by atoms with E-state index < -0.39 is 0 Å². The maximum Gasteiger partial charge on any atom is 0.138 e. The Labute approximate surface area is 133 Å². The van der Waals surface area contributed by atoms with Crippen LogP contribution in [0.5, 0.6) is 5.75 Å². The molecule has 2 heterocycles. The van der Waals surface area contributed by atoms with Crippen LogP contribution in [0.15, 0.2) is 24.3 Å². The van der Waals surface area contributed by atoms with Crippen molar-refractivity contribution in [2.24, 2.45) is 0 Å². The minimum atomic E-state index is 0.429. The summed E-state index contributed by atoms with van der Waals surface area (Å²) in [6.45, 7) is 4.54. The van der Waals surface area contributed by atoms with Crippen molar-refractivity contribution in [2.45, 2.75) is 32.4 Å². The lowest BCUT2D eigenvalue weighted by Gasteiger charge is -2.24. The minimum Gasteiger partial charge on any atom is -0.494 e. The minimum absolute atomic E-state index is 0.429. The van der Waals surface area contributed by atoms with E-state index in [-0.39, 0.29) is 0 Å². The van der Waals surface area contributed by atoms with Crippen molar-refractivity contribution in [1.82, 2.24) is 14.5 Å². The predicted octanol–water partition coefficient (Wildman–Crippen LogP) is 3.93. The fraction of sp³-hybridized carbons (Fsp3) is 0.467. The fourth-order valence-electron chi connectivity index (χ4n) is 2.83. The maximum atomic E-state index is 6.12. The molecule has 1 fully saturated rings. The molecule has 1 aromatic heterocycles. The molecule has 1 atom stereocenters. The van der Waals surface area contributed by atoms with Crippen LogP contribution >= 0.6 is 23.1 Å². The predicted molar refractivity (Wildman–Crippen MR) is 84.9 cm³/mol. The Morgan fingerprint density at radius 3 is 2.86 bits per heavy atom. The third-order valence-corrected chi connectivity index (χ3v) is 4.79. The van der Waals surface area contributed by atoms with E-state index in [0.717, 1.165) is 24.5 Å². The van der Waals surface area contributed by atoms with Gasteiger partial charge in [-0.25, -0.2) is 0 Å². The Bertz CT molecular complexity index is 587. The van der Waals surface area contributed by atoms with Crippen LogP contribution in [-0.2, 0) is 6.54 Å². The van der Waals surface area contributed by atoms with Crippen molar-refractivity contribution in [2.75, 3.05) is 13.2 Å². The number of ether oxygens (including phenoxy) is 1. The molecule has 0 N–H and O–H groups in total. The first-order valence-corrected chi connectivity index (χ1v) is 8.36. The van der Waals surface area contributed by atoms with Gasteiger partial charge >= 0.3 is 0 Å². The zero-order valence-electron chi connectivity index (χ0n) is 12.0. The molecule has 3 rings (SSSR count). The van der Waals surface area contributed by atoms with Gasteiger partial charge in [-0.2, -0.15) is 0 Å². The smallest absolute Gasteiger partial charge is 0.138 e. The average Bonchev–Trinajstić information content (AvgIpc) is 3.11. The zero-order chi connectivity index (χ0) is 14.7. The summed E-state index contributed by atoms with van der Waals surface area (Å²) >= 11 is 7.37. The third-order valence-electron chi connectivity index (χ3n) is 3.80. The molecular formula is C15H18ClN3OS. The van der Waals surface area contributed by atoms with E-state index in [2.05, 4.69) is 26.6 Å². The molecule has 1 saturated heterocycles. The van der Waals surface area contributed by atoms with Gasteiger partial charge in [0.05, 0.1) is 6.61 Å². The highest BCUT2D eigenvalue weighted by molar-refractivity contribution is 7.10. The molecule has 4 nitrogen and oxygen atoms in total. The molecule has 0 unspecified atom stereocenters. The second-order valence-corrected chi connectivity index (χ2v) is 6.48. The number of hydrogen-bond donors (Lipinski definition) is 0. The second kappa shape index (κ2) is 6.73. The number of halogens is 1. The molecule has 1 aliphatic heterocycles. The highest BCUT2D eigenvalue weighted by atomic mass is 35.5. The molecule has 0 bridgehead atoms. The highest BCUT2D eigenvalue weighted by Crippen LogP contribution is 2.34. The number of rotatable bonds is 5. The molecule has 1 aliphatic rings. The Morgan fingerprint density at radius 2 is 2.19 bits per heavy atom. The normalized spacial score (nSPS) is 19.0. The molecule has 112 valence electrons. The average molecular weight is 324 g/mol. The van der Waals surface area contributed by atoms with Crippen molar-refractivity contribution in [3.05, 3.63) is 39.9 Å². The summed E-state index contributed by atoms with van der Waals surface area (Å²) in [5.41, 5.74) is 2.22. The second-order valence-electron chi connectivity index (χ2n) is 5.12. The summed E-state index contributed by atoms with van der Waals surface area (Å²) in [5.74, 6) is 0.928. The number of likely N-dealkylation sites (tertiary alicyclic amines) is 1. The van der Waals surface area contributed by atoms with E-state index in [0.29, 0.717) is 17.0 Å². The highest BCUT2D eigenvalue weighted by Gasteiger charge is 2.27. The van der Waals surface area contributed by atoms with Crippen molar-refractivity contribution >= 4 is 23.1 Å². The number of aromatic nitrogens is 2. The Kier molecular flexibility index (Phi) is 4.73. The van der Waals surface area contributed by atoms with Crippen LogP contribution in [0.3, 0.4) is 0 Å². The van der Waals surface area contributed by atoms with E-state index in [1.807, 2.05) is 19.1 Å². The molecule has 6 heteroatoms. The van der Waals surface area contributed by atoms with Crippen LogP contribution in [0, 0.1) is 0 Å². The molecule has 1 aromatic carbocycles. The van der Waals surface area contributed by atoms with Crippen molar-refractivity contribution in [3.8, 4) is 5.75 Å². The Balaban J connectivity index is 1.72. The van der Waals surface area contributed by atoms with Crippen molar-refractivity contribution in [3.63, 3.8) is 0 Å². The number of benzene rings is 1. The molecule has 0 aliphatic carbocycles. The topological polar surface area (TPSA) is 38.2 Å². The monoisotopic (exact) mass is 323 g/mol. The maximum absolute atomic E-state index is 6.12. The van der Waals surface area contributed by atoms with Gasteiger partial charge in [0.1, 0.15) is 15.8 Å². The Morgan fingerprint density at radius 1 is 1.38 bits per heavy atom. The first-order chi connectivity index (χ1) is 10.3. The van der Waals surface area contributed by atoms with Gasteiger partial charge in [0, 0.05) is 24.1 Å². The standard InChI is InChI=1S/C15H18ClN3OS/c1-2-20-12-7-5-11(6-8-12)14-4-3-9-19(14)10-13-15(16)21-18-17-13/h5-8,14H,2-4,9-10H2,1H3/t14-/m0/s1. The van der Waals surface area contributed by atoms with Crippen molar-refractivity contribution in [1.29, 1.82) is 0 Å². The number of nitrogens with zero attached hydrogens (tertiary/aromatic N) is 3. The largest absolute Gasteiger partial charge is 0.494 e.